The number of nitrogens with one attached hydrogen (secondary N) is 1. The number of benzene rings is 1. The standard InChI is InChI=1S/C18H23FN2O3/c19-15-5-7-16(8-6-15)24-11-9-20-17(22)14-2-1-10-21(12-14)18(23)13-3-4-13/h5-8,13-14H,1-4,9-12H2,(H,20,22)/t14-/m0/s1. The molecule has 24 heavy (non-hydrogen) atoms. The summed E-state index contributed by atoms with van der Waals surface area (Å²) in [6, 6.07) is 5.78. The van der Waals surface area contributed by atoms with Crippen molar-refractivity contribution in [2.24, 2.45) is 11.8 Å². The van der Waals surface area contributed by atoms with Gasteiger partial charge in [-0.15, -0.1) is 0 Å². The third-order valence-electron chi connectivity index (χ3n) is 4.51. The Morgan fingerprint density at radius 2 is 1.92 bits per heavy atom. The van der Waals surface area contributed by atoms with Gasteiger partial charge >= 0.3 is 0 Å². The molecule has 1 saturated heterocycles. The topological polar surface area (TPSA) is 58.6 Å². The molecule has 1 aromatic rings. The van der Waals surface area contributed by atoms with Crippen LogP contribution in [0.1, 0.15) is 25.7 Å². The van der Waals surface area contributed by atoms with Crippen molar-refractivity contribution in [3.05, 3.63) is 30.1 Å². The van der Waals surface area contributed by atoms with Crippen LogP contribution in [0.3, 0.4) is 0 Å². The van der Waals surface area contributed by atoms with Gasteiger partial charge in [0.25, 0.3) is 0 Å². The zero-order valence-corrected chi connectivity index (χ0v) is 13.7. The molecule has 1 saturated carbocycles. The van der Waals surface area contributed by atoms with Gasteiger partial charge in [0.1, 0.15) is 18.2 Å². The largest absolute Gasteiger partial charge is 0.492 e. The van der Waals surface area contributed by atoms with E-state index in [2.05, 4.69) is 5.32 Å². The van der Waals surface area contributed by atoms with Gasteiger partial charge in [-0.25, -0.2) is 4.39 Å². The molecule has 1 heterocycles. The predicted molar refractivity (Wildman–Crippen MR) is 86.9 cm³/mol. The van der Waals surface area contributed by atoms with E-state index in [1.807, 2.05) is 4.90 Å². The number of piperidine rings is 1. The Morgan fingerprint density at radius 3 is 2.62 bits per heavy atom. The normalized spacial score (nSPS) is 20.5. The van der Waals surface area contributed by atoms with Crippen molar-refractivity contribution in [2.75, 3.05) is 26.2 Å². The first-order valence-electron chi connectivity index (χ1n) is 8.58. The fourth-order valence-electron chi connectivity index (χ4n) is 3.00. The van der Waals surface area contributed by atoms with Crippen LogP contribution in [0.4, 0.5) is 4.39 Å². The number of ether oxygens (including phenoxy) is 1. The van der Waals surface area contributed by atoms with Crippen molar-refractivity contribution in [3.63, 3.8) is 0 Å². The Balaban J connectivity index is 1.38. The second-order valence-electron chi connectivity index (χ2n) is 6.49. The van der Waals surface area contributed by atoms with Crippen LogP contribution in [-0.4, -0.2) is 43.0 Å². The highest BCUT2D eigenvalue weighted by atomic mass is 19.1. The van der Waals surface area contributed by atoms with Crippen LogP contribution in [0.25, 0.3) is 0 Å². The van der Waals surface area contributed by atoms with Gasteiger partial charge in [-0.3, -0.25) is 9.59 Å². The van der Waals surface area contributed by atoms with Crippen molar-refractivity contribution in [2.45, 2.75) is 25.7 Å². The van der Waals surface area contributed by atoms with Gasteiger partial charge in [0, 0.05) is 19.0 Å². The third kappa shape index (κ3) is 4.46. The molecule has 1 atom stereocenters. The van der Waals surface area contributed by atoms with E-state index >= 15 is 0 Å². The van der Waals surface area contributed by atoms with Gasteiger partial charge in [0.2, 0.25) is 11.8 Å². The Labute approximate surface area is 141 Å². The number of carbonyl (C=O) groups is 2. The lowest BCUT2D eigenvalue weighted by atomic mass is 9.97. The molecule has 0 aromatic heterocycles. The van der Waals surface area contributed by atoms with E-state index in [4.69, 9.17) is 4.74 Å². The lowest BCUT2D eigenvalue weighted by Gasteiger charge is -2.32. The fraction of sp³-hybridized carbons (Fsp3) is 0.556. The van der Waals surface area contributed by atoms with Crippen molar-refractivity contribution in [1.82, 2.24) is 10.2 Å². The number of hydrogen-bond acceptors (Lipinski definition) is 3. The Bertz CT molecular complexity index is 586. The zero-order valence-electron chi connectivity index (χ0n) is 13.7. The molecule has 0 bridgehead atoms. The summed E-state index contributed by atoms with van der Waals surface area (Å²) in [6.07, 6.45) is 3.68. The number of amides is 2. The van der Waals surface area contributed by atoms with Gasteiger partial charge in [-0.2, -0.15) is 0 Å². The summed E-state index contributed by atoms with van der Waals surface area (Å²) < 4.78 is 18.2. The van der Waals surface area contributed by atoms with E-state index in [-0.39, 0.29) is 29.5 Å². The number of carbonyl (C=O) groups excluding carboxylic acids is 2. The summed E-state index contributed by atoms with van der Waals surface area (Å²) in [4.78, 5) is 26.2. The quantitative estimate of drug-likeness (QED) is 0.809. The average molecular weight is 334 g/mol. The Hall–Kier alpha value is -2.11. The average Bonchev–Trinajstić information content (AvgIpc) is 3.44. The van der Waals surface area contributed by atoms with E-state index < -0.39 is 0 Å². The third-order valence-corrected chi connectivity index (χ3v) is 4.51. The summed E-state index contributed by atoms with van der Waals surface area (Å²) in [7, 11) is 0. The van der Waals surface area contributed by atoms with Crippen LogP contribution in [0, 0.1) is 17.7 Å². The van der Waals surface area contributed by atoms with E-state index in [1.165, 1.54) is 12.1 Å². The molecule has 1 aliphatic heterocycles. The molecule has 2 aliphatic rings. The van der Waals surface area contributed by atoms with Crippen molar-refractivity contribution >= 4 is 11.8 Å². The number of likely N-dealkylation sites (tertiary alicyclic amines) is 1. The van der Waals surface area contributed by atoms with Gasteiger partial charge in [0.15, 0.2) is 0 Å². The van der Waals surface area contributed by atoms with Crippen LogP contribution in [0.2, 0.25) is 0 Å². The van der Waals surface area contributed by atoms with Gasteiger partial charge in [-0.05, 0) is 49.9 Å². The molecule has 0 unspecified atom stereocenters. The maximum absolute atomic E-state index is 12.8. The number of nitrogens with zero attached hydrogens (tertiary/aromatic N) is 1. The predicted octanol–water partition coefficient (Wildman–Crippen LogP) is 1.97. The van der Waals surface area contributed by atoms with Gasteiger partial charge in [0.05, 0.1) is 12.5 Å². The minimum atomic E-state index is -0.307. The first-order valence-corrected chi connectivity index (χ1v) is 8.58. The summed E-state index contributed by atoms with van der Waals surface area (Å²) >= 11 is 0. The van der Waals surface area contributed by atoms with Gasteiger partial charge in [-0.1, -0.05) is 0 Å². The molecule has 2 fully saturated rings. The first kappa shape index (κ1) is 16.7. The highest BCUT2D eigenvalue weighted by Crippen LogP contribution is 2.32. The maximum atomic E-state index is 12.8. The van der Waals surface area contributed by atoms with Crippen LogP contribution in [0.15, 0.2) is 24.3 Å². The highest BCUT2D eigenvalue weighted by molar-refractivity contribution is 5.83. The minimum Gasteiger partial charge on any atom is -0.492 e. The molecule has 5 nitrogen and oxygen atoms in total. The monoisotopic (exact) mass is 334 g/mol. The fourth-order valence-corrected chi connectivity index (χ4v) is 3.00. The lowest BCUT2D eigenvalue weighted by molar-refractivity contribution is -0.136. The minimum absolute atomic E-state index is 0.0222. The second-order valence-corrected chi connectivity index (χ2v) is 6.49. The van der Waals surface area contributed by atoms with Gasteiger partial charge < -0.3 is 15.0 Å². The molecule has 6 heteroatoms. The van der Waals surface area contributed by atoms with Crippen molar-refractivity contribution < 1.29 is 18.7 Å². The smallest absolute Gasteiger partial charge is 0.225 e. The molecule has 1 N–H and O–H groups in total. The molecule has 0 radical (unpaired) electrons. The maximum Gasteiger partial charge on any atom is 0.225 e. The highest BCUT2D eigenvalue weighted by Gasteiger charge is 2.36. The van der Waals surface area contributed by atoms with E-state index in [9.17, 15) is 14.0 Å². The zero-order chi connectivity index (χ0) is 16.9. The van der Waals surface area contributed by atoms with Crippen LogP contribution >= 0.6 is 0 Å². The molecule has 1 aromatic carbocycles. The van der Waals surface area contributed by atoms with Crippen molar-refractivity contribution in [1.29, 1.82) is 0 Å². The molecular weight excluding hydrogens is 311 g/mol. The number of rotatable bonds is 6. The molecule has 130 valence electrons. The molecule has 1 aliphatic carbocycles. The molecular formula is C18H23FN2O3. The number of hydrogen-bond donors (Lipinski definition) is 1. The van der Waals surface area contributed by atoms with Crippen LogP contribution < -0.4 is 10.1 Å². The lowest BCUT2D eigenvalue weighted by Crippen LogP contribution is -2.46. The molecule has 3 rings (SSSR count). The molecule has 0 spiro atoms. The first-order chi connectivity index (χ1) is 11.6. The van der Waals surface area contributed by atoms with E-state index in [0.717, 1.165) is 32.2 Å². The summed E-state index contributed by atoms with van der Waals surface area (Å²) in [6.45, 7) is 2.02. The Morgan fingerprint density at radius 1 is 1.17 bits per heavy atom. The number of halogens is 1. The SMILES string of the molecule is O=C(NCCOc1ccc(F)cc1)[C@H]1CCCN(C(=O)C2CC2)C1. The summed E-state index contributed by atoms with van der Waals surface area (Å²) in [5.41, 5.74) is 0. The van der Waals surface area contributed by atoms with E-state index in [1.54, 1.807) is 12.1 Å². The second kappa shape index (κ2) is 7.64. The summed E-state index contributed by atoms with van der Waals surface area (Å²) in [5, 5.41) is 2.86. The summed E-state index contributed by atoms with van der Waals surface area (Å²) in [5.74, 6) is 0.532. The Kier molecular flexibility index (Phi) is 5.33. The molecule has 2 amide bonds. The van der Waals surface area contributed by atoms with E-state index in [0.29, 0.717) is 25.4 Å². The van der Waals surface area contributed by atoms with Crippen LogP contribution in [0.5, 0.6) is 5.75 Å². The van der Waals surface area contributed by atoms with Crippen LogP contribution in [-0.2, 0) is 9.59 Å². The van der Waals surface area contributed by atoms with Crippen molar-refractivity contribution in [3.8, 4) is 5.75 Å².